The minimum atomic E-state index is -2.95. The van der Waals surface area contributed by atoms with Crippen LogP contribution in [0.4, 0.5) is 0 Å². The van der Waals surface area contributed by atoms with Crippen LogP contribution in [0.25, 0.3) is 0 Å². The van der Waals surface area contributed by atoms with Crippen LogP contribution in [0.3, 0.4) is 0 Å². The normalized spacial score (nSPS) is 32.1. The number of esters is 1. The lowest BCUT2D eigenvalue weighted by Gasteiger charge is -2.34. The molecule has 0 bridgehead atoms. The Morgan fingerprint density at radius 1 is 1.03 bits per heavy atom. The number of aliphatic hydroxyl groups excluding tert-OH is 3. The first kappa shape index (κ1) is 22.3. The average Bonchev–Trinajstić information content (AvgIpc) is 3.13. The summed E-state index contributed by atoms with van der Waals surface area (Å²) in [6.07, 6.45) is -6.75. The van der Waals surface area contributed by atoms with Crippen LogP contribution in [-0.2, 0) is 21.6 Å². The molecule has 3 aliphatic heterocycles. The van der Waals surface area contributed by atoms with Crippen molar-refractivity contribution in [2.24, 2.45) is 0 Å². The maximum atomic E-state index is 12.7. The van der Waals surface area contributed by atoms with E-state index in [-0.39, 0.29) is 29.0 Å². The lowest BCUT2D eigenvalue weighted by Crippen LogP contribution is -2.59. The first-order valence-corrected chi connectivity index (χ1v) is 10.1. The van der Waals surface area contributed by atoms with Crippen LogP contribution >= 0.6 is 0 Å². The maximum absolute atomic E-state index is 12.7. The number of hydrogen-bond acceptors (Lipinski definition) is 13. The Labute approximate surface area is 189 Å². The van der Waals surface area contributed by atoms with Crippen LogP contribution < -0.4 is 9.47 Å². The summed E-state index contributed by atoms with van der Waals surface area (Å²) in [5.74, 6) is -7.77. The zero-order valence-corrected chi connectivity index (χ0v) is 17.1. The van der Waals surface area contributed by atoms with Crippen LogP contribution in [0.15, 0.2) is 18.2 Å². The first-order chi connectivity index (χ1) is 15.9. The number of rotatable bonds is 3. The second-order valence-corrected chi connectivity index (χ2v) is 8.38. The molecule has 0 aromatic heterocycles. The summed E-state index contributed by atoms with van der Waals surface area (Å²) < 4.78 is 16.1. The second-order valence-electron chi connectivity index (χ2n) is 8.38. The number of carbonyl (C=O) groups is 1. The summed E-state index contributed by atoms with van der Waals surface area (Å²) in [6.45, 7) is -0.946. The van der Waals surface area contributed by atoms with Crippen molar-refractivity contribution in [3.8, 4) is 34.5 Å². The van der Waals surface area contributed by atoms with Gasteiger partial charge in [-0.2, -0.15) is 0 Å². The minimum Gasteiger partial charge on any atom is -0.507 e. The van der Waals surface area contributed by atoms with Crippen LogP contribution in [0.2, 0.25) is 0 Å². The Balaban J connectivity index is 1.66. The molecule has 0 radical (unpaired) electrons. The third kappa shape index (κ3) is 2.63. The zero-order chi connectivity index (χ0) is 24.7. The molecule has 13 nitrogen and oxygen atoms in total. The summed E-state index contributed by atoms with van der Waals surface area (Å²) >= 11 is 0. The molecule has 3 heterocycles. The first-order valence-electron chi connectivity index (χ1n) is 10.1. The van der Waals surface area contributed by atoms with Gasteiger partial charge in [0.1, 0.15) is 23.4 Å². The SMILES string of the molecule is O=C1O[C@H]([C@@H](O)CO)C2(O)Oc3cc(O)c4c(c3[C@@]12O)O[C@H](c1cc(O)c(O)c(O)c1)[C@H](O)C4. The number of fused-ring (bicyclic) bond motifs is 5. The fourth-order valence-electron chi connectivity index (χ4n) is 4.66. The van der Waals surface area contributed by atoms with E-state index in [0.29, 0.717) is 0 Å². The van der Waals surface area contributed by atoms with Gasteiger partial charge in [-0.05, 0) is 12.1 Å². The molecule has 1 unspecified atom stereocenters. The van der Waals surface area contributed by atoms with Crippen LogP contribution in [0, 0.1) is 0 Å². The van der Waals surface area contributed by atoms with Crippen molar-refractivity contribution in [1.29, 1.82) is 0 Å². The van der Waals surface area contributed by atoms with Crippen molar-refractivity contribution >= 4 is 5.97 Å². The number of cyclic esters (lactones) is 1. The monoisotopic (exact) mass is 480 g/mol. The van der Waals surface area contributed by atoms with Gasteiger partial charge >= 0.3 is 5.97 Å². The molecule has 2 aromatic rings. The van der Waals surface area contributed by atoms with Crippen molar-refractivity contribution in [2.45, 2.75) is 42.2 Å². The van der Waals surface area contributed by atoms with Crippen LogP contribution in [0.5, 0.6) is 34.5 Å². The standard InChI is InChI=1S/C21H20O13/c22-5-12(27)18-21(31)20(30,19(29)33-18)14-13(34-21)4-8(23)7-3-11(26)16(32-17(7)14)6-1-9(24)15(28)10(25)2-6/h1-2,4,11-12,16,18,22-28,30-31H,3,5H2/t11-,12+,16-,18-,20-,21?/m1/s1. The van der Waals surface area contributed by atoms with Gasteiger partial charge in [-0.3, -0.25) is 0 Å². The van der Waals surface area contributed by atoms with Crippen molar-refractivity contribution in [2.75, 3.05) is 6.61 Å². The summed E-state index contributed by atoms with van der Waals surface area (Å²) in [5.41, 5.74) is -3.47. The molecule has 6 atom stereocenters. The van der Waals surface area contributed by atoms with Gasteiger partial charge in [-0.25, -0.2) is 4.79 Å². The van der Waals surface area contributed by atoms with Gasteiger partial charge in [-0.15, -0.1) is 0 Å². The predicted octanol–water partition coefficient (Wildman–Crippen LogP) is -1.91. The molecule has 13 heteroatoms. The highest BCUT2D eigenvalue weighted by atomic mass is 16.7. The summed E-state index contributed by atoms with van der Waals surface area (Å²) in [5, 5.41) is 92.1. The van der Waals surface area contributed by atoms with E-state index in [2.05, 4.69) is 0 Å². The molecule has 34 heavy (non-hydrogen) atoms. The van der Waals surface area contributed by atoms with Gasteiger partial charge in [0.05, 0.1) is 18.3 Å². The van der Waals surface area contributed by atoms with Gasteiger partial charge in [0.25, 0.3) is 11.4 Å². The molecular weight excluding hydrogens is 460 g/mol. The van der Waals surface area contributed by atoms with E-state index >= 15 is 0 Å². The molecule has 0 spiro atoms. The van der Waals surface area contributed by atoms with E-state index in [9.17, 15) is 50.8 Å². The molecule has 9 N–H and O–H groups in total. The van der Waals surface area contributed by atoms with E-state index in [1.165, 1.54) is 0 Å². The number of aromatic hydroxyl groups is 4. The number of hydrogen-bond donors (Lipinski definition) is 9. The summed E-state index contributed by atoms with van der Waals surface area (Å²) in [4.78, 5) is 12.7. The van der Waals surface area contributed by atoms with Crippen LogP contribution in [-0.4, -0.2) is 82.6 Å². The van der Waals surface area contributed by atoms with Gasteiger partial charge in [0, 0.05) is 23.6 Å². The van der Waals surface area contributed by atoms with Gasteiger partial charge in [0.15, 0.2) is 29.5 Å². The number of aliphatic hydroxyl groups is 5. The Morgan fingerprint density at radius 3 is 2.29 bits per heavy atom. The molecule has 0 saturated carbocycles. The lowest BCUT2D eigenvalue weighted by molar-refractivity contribution is -0.251. The smallest absolute Gasteiger partial charge is 0.351 e. The maximum Gasteiger partial charge on any atom is 0.351 e. The third-order valence-corrected chi connectivity index (χ3v) is 6.35. The van der Waals surface area contributed by atoms with Gasteiger partial charge in [0.2, 0.25) is 0 Å². The van der Waals surface area contributed by atoms with Crippen molar-refractivity contribution in [3.05, 3.63) is 34.9 Å². The zero-order valence-electron chi connectivity index (χ0n) is 17.1. The molecule has 2 aromatic carbocycles. The predicted molar refractivity (Wildman–Crippen MR) is 105 cm³/mol. The summed E-state index contributed by atoms with van der Waals surface area (Å²) in [6, 6.07) is 3.00. The highest BCUT2D eigenvalue weighted by Crippen LogP contribution is 2.60. The number of phenols is 4. The van der Waals surface area contributed by atoms with Crippen molar-refractivity contribution < 1.29 is 65.0 Å². The van der Waals surface area contributed by atoms with Gasteiger partial charge < -0.3 is 60.2 Å². The topological polar surface area (TPSA) is 227 Å². The number of carbonyl (C=O) groups excluding carboxylic acids is 1. The second kappa shape index (κ2) is 7.01. The molecule has 1 saturated heterocycles. The molecule has 0 amide bonds. The van der Waals surface area contributed by atoms with Crippen molar-refractivity contribution in [3.63, 3.8) is 0 Å². The molecule has 0 aliphatic carbocycles. The molecule has 5 rings (SSSR count). The highest BCUT2D eigenvalue weighted by Gasteiger charge is 2.77. The third-order valence-electron chi connectivity index (χ3n) is 6.35. The highest BCUT2D eigenvalue weighted by molar-refractivity contribution is 5.90. The minimum absolute atomic E-state index is 0.00760. The van der Waals surface area contributed by atoms with E-state index in [1.807, 2.05) is 0 Å². The number of ether oxygens (including phenoxy) is 3. The fourth-order valence-corrected chi connectivity index (χ4v) is 4.66. The molecular formula is C21H20O13. The fraction of sp³-hybridized carbons (Fsp3) is 0.381. The van der Waals surface area contributed by atoms with E-state index in [1.54, 1.807) is 0 Å². The largest absolute Gasteiger partial charge is 0.507 e. The molecule has 1 fully saturated rings. The Kier molecular flexibility index (Phi) is 4.60. The molecule has 182 valence electrons. The average molecular weight is 480 g/mol. The lowest BCUT2D eigenvalue weighted by atomic mass is 9.82. The molecule has 3 aliphatic rings. The van der Waals surface area contributed by atoms with E-state index in [4.69, 9.17) is 14.2 Å². The Morgan fingerprint density at radius 2 is 1.68 bits per heavy atom. The van der Waals surface area contributed by atoms with Gasteiger partial charge in [-0.1, -0.05) is 0 Å². The van der Waals surface area contributed by atoms with Crippen molar-refractivity contribution in [1.82, 2.24) is 0 Å². The quantitative estimate of drug-likeness (QED) is 0.173. The Bertz CT molecular complexity index is 1190. The summed E-state index contributed by atoms with van der Waals surface area (Å²) in [7, 11) is 0. The van der Waals surface area contributed by atoms with Crippen LogP contribution in [0.1, 0.15) is 22.8 Å². The number of phenolic OH excluding ortho intramolecular Hbond substituents is 4. The van der Waals surface area contributed by atoms with E-state index < -0.39 is 76.9 Å². The Hall–Kier alpha value is -3.49. The number of benzene rings is 2. The van der Waals surface area contributed by atoms with E-state index in [0.717, 1.165) is 18.2 Å².